The minimum absolute atomic E-state index is 0.0516. The monoisotopic (exact) mass is 228 g/mol. The highest BCUT2D eigenvalue weighted by molar-refractivity contribution is 5.64. The molecule has 0 aliphatic rings. The van der Waals surface area contributed by atoms with Gasteiger partial charge in [0.05, 0.1) is 0 Å². The summed E-state index contributed by atoms with van der Waals surface area (Å²) in [6.45, 7) is 8.19. The van der Waals surface area contributed by atoms with Crippen molar-refractivity contribution in [2.45, 2.75) is 53.4 Å². The van der Waals surface area contributed by atoms with Crippen LogP contribution in [0.2, 0.25) is 0 Å². The van der Waals surface area contributed by atoms with E-state index >= 15 is 0 Å². The third-order valence-electron chi connectivity index (χ3n) is 2.71. The topological polar surface area (TPSA) is 65.2 Å². The Balaban J connectivity index is 3.84. The van der Waals surface area contributed by atoms with Crippen LogP contribution in [-0.2, 0) is 0 Å². The van der Waals surface area contributed by atoms with Crippen LogP contribution in [0.25, 0.3) is 0 Å². The van der Waals surface area contributed by atoms with Gasteiger partial charge in [0, 0.05) is 23.3 Å². The quantitative estimate of drug-likeness (QED) is 0.303. The van der Waals surface area contributed by atoms with Gasteiger partial charge in [0.25, 0.3) is 0 Å². The molecule has 0 aromatic rings. The van der Waals surface area contributed by atoms with E-state index in [-0.39, 0.29) is 10.8 Å². The van der Waals surface area contributed by atoms with E-state index in [1.165, 1.54) is 0 Å². The van der Waals surface area contributed by atoms with Crippen LogP contribution in [-0.4, -0.2) is 22.8 Å². The van der Waals surface area contributed by atoms with Gasteiger partial charge in [-0.3, -0.25) is 0 Å². The van der Waals surface area contributed by atoms with Crippen molar-refractivity contribution in [3.05, 3.63) is 0 Å². The first-order valence-electron chi connectivity index (χ1n) is 5.70. The molecule has 0 saturated heterocycles. The van der Waals surface area contributed by atoms with E-state index in [4.69, 9.17) is 10.4 Å². The first-order chi connectivity index (χ1) is 7.33. The predicted octanol–water partition coefficient (Wildman–Crippen LogP) is 3.52. The lowest BCUT2D eigenvalue weighted by molar-refractivity contribution is 0.306. The fourth-order valence-corrected chi connectivity index (χ4v) is 1.60. The van der Waals surface area contributed by atoms with E-state index < -0.39 is 0 Å². The van der Waals surface area contributed by atoms with E-state index in [2.05, 4.69) is 10.3 Å². The smallest absolute Gasteiger partial charge is 0.0492 e. The first-order valence-corrected chi connectivity index (χ1v) is 5.70. The Hall–Kier alpha value is -1.06. The zero-order valence-corrected chi connectivity index (χ0v) is 10.8. The van der Waals surface area contributed by atoms with Crippen molar-refractivity contribution in [3.63, 3.8) is 0 Å². The Morgan fingerprint density at radius 3 is 1.38 bits per heavy atom. The molecule has 0 rings (SSSR count). The molecule has 0 atom stereocenters. The standard InChI is InChI=1S/C12H24N2O2/c1-11(2,9-13-15)7-5-6-8-12(3,4)10-14-16/h9-10,15-16H,5-8H2,1-4H3/b13-9+,14-10+. The van der Waals surface area contributed by atoms with Crippen LogP contribution in [0.1, 0.15) is 53.4 Å². The second-order valence-electron chi connectivity index (χ2n) is 5.67. The van der Waals surface area contributed by atoms with Crippen LogP contribution in [0.3, 0.4) is 0 Å². The molecule has 4 heteroatoms. The summed E-state index contributed by atoms with van der Waals surface area (Å²) in [5.74, 6) is 0. The summed E-state index contributed by atoms with van der Waals surface area (Å²) >= 11 is 0. The van der Waals surface area contributed by atoms with Gasteiger partial charge >= 0.3 is 0 Å². The molecule has 0 unspecified atom stereocenters. The molecule has 0 heterocycles. The Morgan fingerprint density at radius 1 is 0.812 bits per heavy atom. The summed E-state index contributed by atoms with van der Waals surface area (Å²) in [5, 5.41) is 23.1. The predicted molar refractivity (Wildman–Crippen MR) is 66.6 cm³/mol. The third-order valence-corrected chi connectivity index (χ3v) is 2.71. The van der Waals surface area contributed by atoms with Gasteiger partial charge in [0.15, 0.2) is 0 Å². The zero-order valence-electron chi connectivity index (χ0n) is 10.8. The fourth-order valence-electron chi connectivity index (χ4n) is 1.60. The fraction of sp³-hybridized carbons (Fsp3) is 0.833. The minimum atomic E-state index is -0.0516. The highest BCUT2D eigenvalue weighted by Crippen LogP contribution is 2.25. The molecule has 0 saturated carbocycles. The van der Waals surface area contributed by atoms with Gasteiger partial charge < -0.3 is 10.4 Å². The lowest BCUT2D eigenvalue weighted by Crippen LogP contribution is -2.15. The molecule has 4 nitrogen and oxygen atoms in total. The van der Waals surface area contributed by atoms with Gasteiger partial charge in [-0.2, -0.15) is 0 Å². The largest absolute Gasteiger partial charge is 0.411 e. The Kier molecular flexibility index (Phi) is 6.08. The Labute approximate surface area is 98.0 Å². The number of hydrogen-bond donors (Lipinski definition) is 2. The molecular weight excluding hydrogens is 204 g/mol. The second kappa shape index (κ2) is 6.51. The molecule has 0 radical (unpaired) electrons. The normalized spacial score (nSPS) is 14.0. The molecule has 0 bridgehead atoms. The molecule has 0 aromatic heterocycles. The van der Waals surface area contributed by atoms with Crippen molar-refractivity contribution >= 4 is 12.4 Å². The summed E-state index contributed by atoms with van der Waals surface area (Å²) < 4.78 is 0. The number of oxime groups is 2. The van der Waals surface area contributed by atoms with E-state index in [0.717, 1.165) is 25.7 Å². The molecule has 0 aliphatic carbocycles. The molecule has 0 amide bonds. The number of nitrogens with zero attached hydrogens (tertiary/aromatic N) is 2. The van der Waals surface area contributed by atoms with Crippen molar-refractivity contribution < 1.29 is 10.4 Å². The van der Waals surface area contributed by atoms with Crippen molar-refractivity contribution in [3.8, 4) is 0 Å². The van der Waals surface area contributed by atoms with E-state index in [1.54, 1.807) is 12.4 Å². The number of hydrogen-bond acceptors (Lipinski definition) is 4. The molecule has 0 aliphatic heterocycles. The van der Waals surface area contributed by atoms with Gasteiger partial charge in [-0.1, -0.05) is 40.5 Å². The summed E-state index contributed by atoms with van der Waals surface area (Å²) in [6.07, 6.45) is 7.27. The van der Waals surface area contributed by atoms with E-state index in [0.29, 0.717) is 0 Å². The van der Waals surface area contributed by atoms with Gasteiger partial charge in [-0.25, -0.2) is 0 Å². The van der Waals surface area contributed by atoms with Crippen molar-refractivity contribution in [1.82, 2.24) is 0 Å². The van der Waals surface area contributed by atoms with Crippen molar-refractivity contribution in [2.24, 2.45) is 21.1 Å². The van der Waals surface area contributed by atoms with Crippen molar-refractivity contribution in [2.75, 3.05) is 0 Å². The first kappa shape index (κ1) is 14.9. The maximum Gasteiger partial charge on any atom is 0.0492 e. The van der Waals surface area contributed by atoms with E-state index in [1.807, 2.05) is 27.7 Å². The average Bonchev–Trinajstić information content (AvgIpc) is 2.12. The molecule has 16 heavy (non-hydrogen) atoms. The van der Waals surface area contributed by atoms with Crippen LogP contribution < -0.4 is 0 Å². The van der Waals surface area contributed by atoms with Crippen LogP contribution in [0.5, 0.6) is 0 Å². The summed E-state index contributed by atoms with van der Waals surface area (Å²) in [4.78, 5) is 0. The van der Waals surface area contributed by atoms with Gasteiger partial charge in [-0.05, 0) is 12.8 Å². The van der Waals surface area contributed by atoms with E-state index in [9.17, 15) is 0 Å². The third kappa shape index (κ3) is 7.26. The zero-order chi connectivity index (χ0) is 12.7. The highest BCUT2D eigenvalue weighted by Gasteiger charge is 2.17. The summed E-state index contributed by atoms with van der Waals surface area (Å²) in [6, 6.07) is 0. The maximum absolute atomic E-state index is 8.48. The van der Waals surface area contributed by atoms with Crippen LogP contribution >= 0.6 is 0 Å². The molecular formula is C12H24N2O2. The Bertz CT molecular complexity index is 219. The Morgan fingerprint density at radius 2 is 1.12 bits per heavy atom. The average molecular weight is 228 g/mol. The molecule has 0 aromatic carbocycles. The summed E-state index contributed by atoms with van der Waals surface area (Å²) in [5.41, 5.74) is -0.103. The van der Waals surface area contributed by atoms with Crippen molar-refractivity contribution in [1.29, 1.82) is 0 Å². The summed E-state index contributed by atoms with van der Waals surface area (Å²) in [7, 11) is 0. The van der Waals surface area contributed by atoms with Crippen LogP contribution in [0.4, 0.5) is 0 Å². The number of rotatable bonds is 7. The minimum Gasteiger partial charge on any atom is -0.411 e. The molecule has 94 valence electrons. The van der Waals surface area contributed by atoms with Gasteiger partial charge in [0.1, 0.15) is 0 Å². The van der Waals surface area contributed by atoms with Crippen LogP contribution in [0, 0.1) is 10.8 Å². The van der Waals surface area contributed by atoms with Gasteiger partial charge in [0.2, 0.25) is 0 Å². The van der Waals surface area contributed by atoms with Crippen LogP contribution in [0.15, 0.2) is 10.3 Å². The lowest BCUT2D eigenvalue weighted by atomic mass is 9.84. The lowest BCUT2D eigenvalue weighted by Gasteiger charge is -2.21. The molecule has 0 spiro atoms. The highest BCUT2D eigenvalue weighted by atomic mass is 16.4. The molecule has 2 N–H and O–H groups in total. The number of unbranched alkanes of at least 4 members (excludes halogenated alkanes) is 1. The maximum atomic E-state index is 8.48. The molecule has 0 fully saturated rings. The SMILES string of the molecule is CC(C)(/C=N/O)CCCCC(C)(C)/C=N/O. The van der Waals surface area contributed by atoms with Gasteiger partial charge in [-0.15, -0.1) is 10.3 Å². The second-order valence-corrected chi connectivity index (χ2v) is 5.67.